The predicted molar refractivity (Wildman–Crippen MR) is 126 cm³/mol. The van der Waals surface area contributed by atoms with Gasteiger partial charge in [0.1, 0.15) is 5.75 Å². The van der Waals surface area contributed by atoms with E-state index in [-0.39, 0.29) is 11.7 Å². The quantitative estimate of drug-likeness (QED) is 0.416. The number of para-hydroxylation sites is 2. The van der Waals surface area contributed by atoms with Crippen LogP contribution in [0.2, 0.25) is 0 Å². The molecule has 1 N–H and O–H groups in total. The van der Waals surface area contributed by atoms with E-state index in [9.17, 15) is 4.79 Å². The molecule has 0 aliphatic carbocycles. The summed E-state index contributed by atoms with van der Waals surface area (Å²) in [5.41, 5.74) is 4.59. The first-order valence-corrected chi connectivity index (χ1v) is 11.0. The summed E-state index contributed by atoms with van der Waals surface area (Å²) in [6, 6.07) is 17.4. The third-order valence-electron chi connectivity index (χ3n) is 4.90. The van der Waals surface area contributed by atoms with E-state index in [1.165, 1.54) is 11.8 Å². The Balaban J connectivity index is 1.63. The molecule has 0 unspecified atom stereocenters. The van der Waals surface area contributed by atoms with Crippen molar-refractivity contribution in [1.82, 2.24) is 19.7 Å². The van der Waals surface area contributed by atoms with Gasteiger partial charge in [-0.3, -0.25) is 14.3 Å². The van der Waals surface area contributed by atoms with Gasteiger partial charge in [-0.2, -0.15) is 0 Å². The number of methoxy groups -OCH3 is 1. The highest BCUT2D eigenvalue weighted by Gasteiger charge is 2.20. The third kappa shape index (κ3) is 4.65. The van der Waals surface area contributed by atoms with Crippen LogP contribution in [-0.2, 0) is 4.79 Å². The standard InChI is InChI=1S/C24H23N5O2S/c1-16-8-9-17(2)19(14-16)26-22(30)15-32-24-28-27-23(18-10-12-25-13-11-18)29(24)20-6-4-5-7-21(20)31-3/h4-14H,15H2,1-3H3,(H,26,30). The first-order valence-electron chi connectivity index (χ1n) is 10.1. The van der Waals surface area contributed by atoms with Gasteiger partial charge in [0.15, 0.2) is 11.0 Å². The van der Waals surface area contributed by atoms with Gasteiger partial charge in [0.2, 0.25) is 5.91 Å². The van der Waals surface area contributed by atoms with E-state index >= 15 is 0 Å². The Morgan fingerprint density at radius 1 is 1.06 bits per heavy atom. The average Bonchev–Trinajstić information content (AvgIpc) is 3.24. The van der Waals surface area contributed by atoms with Crippen molar-refractivity contribution in [2.45, 2.75) is 19.0 Å². The molecule has 0 radical (unpaired) electrons. The average molecular weight is 446 g/mol. The molecule has 2 aromatic carbocycles. The lowest BCUT2D eigenvalue weighted by Gasteiger charge is -2.14. The molecule has 0 atom stereocenters. The Labute approximate surface area is 190 Å². The molecule has 1 amide bonds. The van der Waals surface area contributed by atoms with Crippen LogP contribution >= 0.6 is 11.8 Å². The molecule has 2 aromatic heterocycles. The molecule has 0 saturated heterocycles. The summed E-state index contributed by atoms with van der Waals surface area (Å²) >= 11 is 1.32. The molecule has 7 nitrogen and oxygen atoms in total. The zero-order valence-electron chi connectivity index (χ0n) is 18.1. The van der Waals surface area contributed by atoms with E-state index in [0.29, 0.717) is 16.7 Å². The molecule has 2 heterocycles. The van der Waals surface area contributed by atoms with Crippen LogP contribution in [0.25, 0.3) is 17.1 Å². The van der Waals surface area contributed by atoms with Gasteiger partial charge in [-0.05, 0) is 55.3 Å². The fraction of sp³-hybridized carbons (Fsp3) is 0.167. The van der Waals surface area contributed by atoms with Crippen LogP contribution in [0.5, 0.6) is 5.75 Å². The van der Waals surface area contributed by atoms with E-state index in [2.05, 4.69) is 20.5 Å². The SMILES string of the molecule is COc1ccccc1-n1c(SCC(=O)Nc2cc(C)ccc2C)nnc1-c1ccncc1. The molecule has 4 rings (SSSR count). The number of carbonyl (C=O) groups is 1. The van der Waals surface area contributed by atoms with Crippen LogP contribution in [-0.4, -0.2) is 38.5 Å². The van der Waals surface area contributed by atoms with Crippen molar-refractivity contribution in [2.24, 2.45) is 0 Å². The number of carbonyl (C=O) groups excluding carboxylic acids is 1. The lowest BCUT2D eigenvalue weighted by atomic mass is 10.1. The second-order valence-electron chi connectivity index (χ2n) is 7.20. The van der Waals surface area contributed by atoms with Crippen LogP contribution in [0.15, 0.2) is 72.1 Å². The number of amides is 1. The second-order valence-corrected chi connectivity index (χ2v) is 8.15. The predicted octanol–water partition coefficient (Wildman–Crippen LogP) is 4.69. The van der Waals surface area contributed by atoms with Crippen molar-refractivity contribution in [3.05, 3.63) is 78.1 Å². The van der Waals surface area contributed by atoms with Crippen molar-refractivity contribution in [3.63, 3.8) is 0 Å². The maximum atomic E-state index is 12.7. The van der Waals surface area contributed by atoms with Gasteiger partial charge in [0, 0.05) is 23.6 Å². The number of benzene rings is 2. The Morgan fingerprint density at radius 2 is 1.84 bits per heavy atom. The van der Waals surface area contributed by atoms with Gasteiger partial charge in [-0.1, -0.05) is 36.0 Å². The number of rotatable bonds is 7. The van der Waals surface area contributed by atoms with Crippen LogP contribution in [0.1, 0.15) is 11.1 Å². The fourth-order valence-electron chi connectivity index (χ4n) is 3.27. The number of aryl methyl sites for hydroxylation is 2. The molecule has 0 aliphatic heterocycles. The number of aromatic nitrogens is 4. The van der Waals surface area contributed by atoms with Gasteiger partial charge < -0.3 is 10.1 Å². The Bertz CT molecular complexity index is 1240. The Morgan fingerprint density at radius 3 is 2.62 bits per heavy atom. The molecular weight excluding hydrogens is 422 g/mol. The summed E-state index contributed by atoms with van der Waals surface area (Å²) in [6.45, 7) is 3.97. The number of nitrogens with zero attached hydrogens (tertiary/aromatic N) is 4. The summed E-state index contributed by atoms with van der Waals surface area (Å²) in [6.07, 6.45) is 3.42. The minimum absolute atomic E-state index is 0.108. The Kier molecular flexibility index (Phi) is 6.51. The molecule has 162 valence electrons. The largest absolute Gasteiger partial charge is 0.495 e. The van der Waals surface area contributed by atoms with Crippen LogP contribution in [0.4, 0.5) is 5.69 Å². The summed E-state index contributed by atoms with van der Waals surface area (Å²) in [5.74, 6) is 1.42. The number of hydrogen-bond acceptors (Lipinski definition) is 6. The zero-order valence-corrected chi connectivity index (χ0v) is 18.9. The Hall–Kier alpha value is -3.65. The smallest absolute Gasteiger partial charge is 0.234 e. The molecule has 0 bridgehead atoms. The normalized spacial score (nSPS) is 10.7. The minimum atomic E-state index is -0.108. The van der Waals surface area contributed by atoms with Crippen LogP contribution < -0.4 is 10.1 Å². The molecule has 4 aromatic rings. The summed E-state index contributed by atoms with van der Waals surface area (Å²) in [5, 5.41) is 12.4. The molecular formula is C24H23N5O2S. The molecule has 0 aliphatic rings. The van der Waals surface area contributed by atoms with Gasteiger partial charge >= 0.3 is 0 Å². The van der Waals surface area contributed by atoms with Crippen LogP contribution in [0.3, 0.4) is 0 Å². The van der Waals surface area contributed by atoms with Crippen LogP contribution in [0, 0.1) is 13.8 Å². The molecule has 0 saturated carbocycles. The topological polar surface area (TPSA) is 81.9 Å². The van der Waals surface area contributed by atoms with Gasteiger partial charge in [0.25, 0.3) is 0 Å². The number of thioether (sulfide) groups is 1. The lowest BCUT2D eigenvalue weighted by molar-refractivity contribution is -0.113. The van der Waals surface area contributed by atoms with E-state index in [0.717, 1.165) is 28.1 Å². The summed E-state index contributed by atoms with van der Waals surface area (Å²) in [7, 11) is 1.62. The van der Waals surface area contributed by atoms with Crippen molar-refractivity contribution in [3.8, 4) is 22.8 Å². The van der Waals surface area contributed by atoms with Gasteiger partial charge in [-0.25, -0.2) is 0 Å². The second kappa shape index (κ2) is 9.65. The van der Waals surface area contributed by atoms with E-state index in [4.69, 9.17) is 4.74 Å². The van der Waals surface area contributed by atoms with Crippen molar-refractivity contribution < 1.29 is 9.53 Å². The van der Waals surface area contributed by atoms with E-state index in [1.807, 2.05) is 73.0 Å². The van der Waals surface area contributed by atoms with Gasteiger partial charge in [0.05, 0.1) is 18.6 Å². The monoisotopic (exact) mass is 445 g/mol. The minimum Gasteiger partial charge on any atom is -0.495 e. The molecule has 0 fully saturated rings. The number of anilines is 1. The molecule has 32 heavy (non-hydrogen) atoms. The van der Waals surface area contributed by atoms with Crippen molar-refractivity contribution in [1.29, 1.82) is 0 Å². The maximum absolute atomic E-state index is 12.7. The van der Waals surface area contributed by atoms with Crippen molar-refractivity contribution in [2.75, 3.05) is 18.2 Å². The number of hydrogen-bond donors (Lipinski definition) is 1. The lowest BCUT2D eigenvalue weighted by Crippen LogP contribution is -2.15. The molecule has 0 spiro atoms. The number of nitrogens with one attached hydrogen (secondary N) is 1. The summed E-state index contributed by atoms with van der Waals surface area (Å²) in [4.78, 5) is 16.8. The highest BCUT2D eigenvalue weighted by molar-refractivity contribution is 7.99. The fourth-order valence-corrected chi connectivity index (χ4v) is 4.01. The maximum Gasteiger partial charge on any atom is 0.234 e. The van der Waals surface area contributed by atoms with Crippen molar-refractivity contribution >= 4 is 23.4 Å². The number of pyridine rings is 1. The first kappa shape index (κ1) is 21.6. The number of ether oxygens (including phenoxy) is 1. The zero-order chi connectivity index (χ0) is 22.5. The van der Waals surface area contributed by atoms with Gasteiger partial charge in [-0.15, -0.1) is 10.2 Å². The molecule has 8 heteroatoms. The van der Waals surface area contributed by atoms with E-state index < -0.39 is 0 Å². The van der Waals surface area contributed by atoms with E-state index in [1.54, 1.807) is 19.5 Å². The highest BCUT2D eigenvalue weighted by atomic mass is 32.2. The highest BCUT2D eigenvalue weighted by Crippen LogP contribution is 2.32. The third-order valence-corrected chi connectivity index (χ3v) is 5.83. The first-order chi connectivity index (χ1) is 15.6. The summed E-state index contributed by atoms with van der Waals surface area (Å²) < 4.78 is 7.47.